The normalized spacial score (nSPS) is 12.2. The highest BCUT2D eigenvalue weighted by Gasteiger charge is 2.30. The molecule has 0 bridgehead atoms. The first-order valence-corrected chi connectivity index (χ1v) is 49.1. The molecule has 0 saturated carbocycles. The molecule has 0 aliphatic rings. The molecule has 0 radical (unpaired) electrons. The number of imidazole rings is 2. The number of phenols is 3. The fraction of sp³-hybridized carbons (Fsp3) is 0.409. The topological polar surface area (TPSA) is 363 Å². The van der Waals surface area contributed by atoms with Gasteiger partial charge in [-0.05, 0) is 225 Å². The zero-order valence-electron chi connectivity index (χ0n) is 78.8. The van der Waals surface area contributed by atoms with E-state index in [4.69, 9.17) is 37.7 Å². The summed E-state index contributed by atoms with van der Waals surface area (Å²) in [7, 11) is -9.91. The van der Waals surface area contributed by atoms with Crippen molar-refractivity contribution < 1.29 is 59.1 Å². The number of terminal acetylenes is 1. The van der Waals surface area contributed by atoms with Crippen LogP contribution < -0.4 is 24.5 Å². The second-order valence-corrected chi connectivity index (χ2v) is 35.8. The molecule has 4 N–H and O–H groups in total. The van der Waals surface area contributed by atoms with E-state index in [0.717, 1.165) is 124 Å². The minimum atomic E-state index is -4.98. The standard InChI is InChI=1S/C20H26BrN3O.C20H26ClN3O.C20H23F3N8O2S.C17H21N5OS.C16H18F3N7O2S/c2*1-3-5-13-24(14-6-4-2)18-11-12-19(20(25)15-18)23-22-17-9-7-16(21)8-10-17;1-6-9-12-31-18(25-5)17(24-4)26-20(31)28-27-15-11-10-14(30(7-2)8-3)13-16(15)29-34(32,33-23)19(21)22;1-6-17(4,5)15-19-21-16(24-15)20-18-13-10-9-12(11-14(13)23)22(7-2)8-3;1-5-26(6-2)11-7-8-12(13(9-11)25-29(27,28-19)15(17)18)23-24-16-21-10(3)14(20-4)22-16/h2*7-12,15,25H,3-6,13-14H2,1-2H3;10-11,13,19H,6-9,12H2,1-3H3;1,9-11,23H,7-8H2,2-5H3;7-9,15H,5-6H2,1-3H3,(H,21,22). The molecule has 137 heavy (non-hydrogen) atoms. The van der Waals surface area contributed by atoms with E-state index >= 15 is 0 Å². The predicted molar refractivity (Wildman–Crippen MR) is 536 cm³/mol. The van der Waals surface area contributed by atoms with Crippen molar-refractivity contribution in [3.63, 3.8) is 0 Å². The Kier molecular flexibility index (Phi) is 47.7. The van der Waals surface area contributed by atoms with Crippen LogP contribution in [0.4, 0.5) is 141 Å². The van der Waals surface area contributed by atoms with Crippen molar-refractivity contribution in [1.29, 1.82) is 0 Å². The Balaban J connectivity index is 0.000000264. The smallest absolute Gasteiger partial charge is 0.416 e. The fourth-order valence-corrected chi connectivity index (χ4v) is 14.6. The van der Waals surface area contributed by atoms with Crippen molar-refractivity contribution in [2.45, 2.75) is 185 Å². The van der Waals surface area contributed by atoms with Crippen LogP contribution in [0.25, 0.3) is 14.5 Å². The van der Waals surface area contributed by atoms with Gasteiger partial charge in [-0.15, -0.1) is 47.3 Å². The number of nitrogens with zero attached hydrogens (tertiary/aromatic N) is 25. The lowest BCUT2D eigenvalue weighted by atomic mass is 9.96. The minimum absolute atomic E-state index is 0.00334. The number of aromatic hydroxyl groups is 3. The number of azo groups is 5. The van der Waals surface area contributed by atoms with Crippen LogP contribution in [0.1, 0.15) is 165 Å². The molecule has 732 valence electrons. The molecule has 0 aliphatic carbocycles. The molecule has 7 aromatic carbocycles. The van der Waals surface area contributed by atoms with Crippen LogP contribution in [0.15, 0.2) is 204 Å². The molecule has 0 amide bonds. The fourth-order valence-electron chi connectivity index (χ4n) is 12.4. The van der Waals surface area contributed by atoms with Crippen LogP contribution in [-0.4, -0.2) is 130 Å². The summed E-state index contributed by atoms with van der Waals surface area (Å²) in [5.41, 5.74) is 6.11. The molecule has 0 saturated heterocycles. The van der Waals surface area contributed by atoms with Gasteiger partial charge in [-0.2, -0.15) is 36.5 Å². The number of alkyl halides is 4. The van der Waals surface area contributed by atoms with E-state index in [1.807, 2.05) is 113 Å². The number of hydrogen-bond donors (Lipinski definition) is 4. The average molecular weight is 2030 g/mol. The minimum Gasteiger partial charge on any atom is -0.506 e. The van der Waals surface area contributed by atoms with Gasteiger partial charge in [0.05, 0.1) is 23.3 Å². The lowest BCUT2D eigenvalue weighted by Crippen LogP contribution is -2.25. The first kappa shape index (κ1) is 113. The number of aromatic nitrogens is 6. The number of hydrogen-bond acceptors (Lipinski definition) is 29. The Morgan fingerprint density at radius 1 is 0.496 bits per heavy atom. The Labute approximate surface area is 814 Å². The van der Waals surface area contributed by atoms with Crippen LogP contribution in [-0.2, 0) is 40.8 Å². The molecule has 10 aromatic rings. The van der Waals surface area contributed by atoms with Crippen LogP contribution in [0, 0.1) is 39.0 Å². The molecule has 2 unspecified atom stereocenters. The van der Waals surface area contributed by atoms with Crippen molar-refractivity contribution in [2.75, 3.05) is 89.9 Å². The van der Waals surface area contributed by atoms with E-state index in [1.54, 1.807) is 67.6 Å². The van der Waals surface area contributed by atoms with E-state index in [0.29, 0.717) is 94.1 Å². The Hall–Kier alpha value is -12.9. The molecule has 3 heterocycles. The van der Waals surface area contributed by atoms with Gasteiger partial charge in [-0.3, -0.25) is 0 Å². The van der Waals surface area contributed by atoms with Crippen LogP contribution in [0.5, 0.6) is 17.2 Å². The number of halogens is 8. The Morgan fingerprint density at radius 2 is 0.869 bits per heavy atom. The second-order valence-electron chi connectivity index (χ2n) is 30.2. The molecule has 3 aromatic heterocycles. The van der Waals surface area contributed by atoms with Gasteiger partial charge >= 0.3 is 23.4 Å². The van der Waals surface area contributed by atoms with E-state index in [2.05, 4.69) is 186 Å². The first-order chi connectivity index (χ1) is 65.7. The number of phenolic OH excluding ortho intramolecular Hbond substituents is 3. The van der Waals surface area contributed by atoms with Crippen molar-refractivity contribution >= 4 is 173 Å². The van der Waals surface area contributed by atoms with Crippen LogP contribution in [0.3, 0.4) is 0 Å². The summed E-state index contributed by atoms with van der Waals surface area (Å²) in [5, 5.41) is 81.0. The SMILES string of the molecule is C#CC(C)(C)c1nnc(N=Nc2ccc(N(CC)CC)cc2O)s1.CCCCN(CCCC)c1ccc(N=Nc2ccc(Br)cc2)c(O)c1.CCCCN(CCCC)c1ccc(N=Nc2ccc(Cl)cc2)c(O)c1.[C-]#[N+]c1nc(N=Nc2ccc(N(CC)CC)cc2N=S(=O)(OF)C(F)F)[nH]c1C.[C-]#[N+]c1nc(N=Nc2ccc(N(CC)CC)cc2N=S(=O)(OF)C(F)F)n(CCCC)c1[N+]#[C-]. The molecule has 0 aliphatic heterocycles. The lowest BCUT2D eigenvalue weighted by Gasteiger charge is -2.25. The molecular formula is C93H114BrClF6N26O7S3. The third-order valence-corrected chi connectivity index (χ3v) is 24.3. The number of unbranched alkanes of at least 4 members (excludes halogenated alkanes) is 5. The van der Waals surface area contributed by atoms with E-state index in [1.165, 1.54) is 40.2 Å². The van der Waals surface area contributed by atoms with Gasteiger partial charge in [0, 0.05) is 127 Å². The van der Waals surface area contributed by atoms with Gasteiger partial charge in [0.2, 0.25) is 0 Å². The number of H-pyrrole nitrogens is 1. The molecule has 2 atom stereocenters. The number of anilines is 5. The van der Waals surface area contributed by atoms with E-state index < -0.39 is 36.9 Å². The summed E-state index contributed by atoms with van der Waals surface area (Å²) in [4.78, 5) is 31.0. The van der Waals surface area contributed by atoms with Gasteiger partial charge in [0.1, 0.15) is 62.1 Å². The predicted octanol–water partition coefficient (Wildman–Crippen LogP) is 31.1. The highest BCUT2D eigenvalue weighted by molar-refractivity contribution is 9.10. The van der Waals surface area contributed by atoms with Gasteiger partial charge in [-0.1, -0.05) is 160 Å². The number of nitrogens with one attached hydrogen (secondary N) is 1. The maximum atomic E-state index is 13.2. The van der Waals surface area contributed by atoms with Crippen LogP contribution in [0.2, 0.25) is 5.02 Å². The average Bonchev–Trinajstić information content (AvgIpc) is 1.77. The zero-order chi connectivity index (χ0) is 101. The number of aromatic amines is 1. The number of aryl methyl sites for hydroxylation is 1. The summed E-state index contributed by atoms with van der Waals surface area (Å²) in [5.74, 6) is -4.40. The molecule has 0 spiro atoms. The van der Waals surface area contributed by atoms with Crippen molar-refractivity contribution in [1.82, 2.24) is 29.7 Å². The number of benzene rings is 7. The highest BCUT2D eigenvalue weighted by atomic mass is 79.9. The lowest BCUT2D eigenvalue weighted by molar-refractivity contribution is -0.000950. The maximum Gasteiger partial charge on any atom is 0.416 e. The third-order valence-electron chi connectivity index (χ3n) is 20.2. The summed E-state index contributed by atoms with van der Waals surface area (Å²) in [6.45, 7) is 57.8. The molecule has 10 rings (SSSR count). The van der Waals surface area contributed by atoms with Crippen molar-refractivity contribution in [3.8, 4) is 29.6 Å². The summed E-state index contributed by atoms with van der Waals surface area (Å²) in [6.07, 6.45) is 16.2. The summed E-state index contributed by atoms with van der Waals surface area (Å²) in [6, 6.07) is 40.0. The zero-order valence-corrected chi connectivity index (χ0v) is 83.6. The van der Waals surface area contributed by atoms with Gasteiger partial charge in [-0.25, -0.2) is 13.0 Å². The molecular weight excluding hydrogens is 1920 g/mol. The summed E-state index contributed by atoms with van der Waals surface area (Å²) < 4.78 is 117. The highest BCUT2D eigenvalue weighted by Crippen LogP contribution is 2.43. The molecule has 33 nitrogen and oxygen atoms in total. The summed E-state index contributed by atoms with van der Waals surface area (Å²) >= 11 is 10.5. The van der Waals surface area contributed by atoms with Gasteiger partial charge in [0.25, 0.3) is 42.6 Å². The van der Waals surface area contributed by atoms with Crippen molar-refractivity contribution in [3.05, 3.63) is 194 Å². The monoisotopic (exact) mass is 2030 g/mol. The molecule has 44 heteroatoms. The first-order valence-electron chi connectivity index (χ1n) is 44.2. The Morgan fingerprint density at radius 3 is 1.23 bits per heavy atom. The Bertz CT molecular complexity index is 5990. The van der Waals surface area contributed by atoms with Crippen LogP contribution >= 0.6 is 38.9 Å². The van der Waals surface area contributed by atoms with E-state index in [9.17, 15) is 50.4 Å². The van der Waals surface area contributed by atoms with E-state index in [-0.39, 0.29) is 69.3 Å². The third kappa shape index (κ3) is 34.4. The quantitative estimate of drug-likeness (QED) is 0.0119. The van der Waals surface area contributed by atoms with Crippen molar-refractivity contribution in [2.24, 2.45) is 59.9 Å². The number of rotatable bonds is 43. The van der Waals surface area contributed by atoms with Gasteiger partial charge < -0.3 is 59.3 Å². The molecule has 0 fully saturated rings. The largest absolute Gasteiger partial charge is 0.506 e. The second kappa shape index (κ2) is 57.9. The van der Waals surface area contributed by atoms with Gasteiger partial charge in [0.15, 0.2) is 0 Å². The maximum absolute atomic E-state index is 13.2.